The molecule has 2 N–H and O–H groups in total. The number of hydrogen-bond acceptors (Lipinski definition) is 4. The Morgan fingerprint density at radius 3 is 2.50 bits per heavy atom. The van der Waals surface area contributed by atoms with Crippen LogP contribution in [0.15, 0.2) is 66.7 Å². The Kier molecular flexibility index (Phi) is 6.26. The van der Waals surface area contributed by atoms with Gasteiger partial charge in [-0.05, 0) is 53.9 Å². The zero-order valence-electron chi connectivity index (χ0n) is 18.4. The van der Waals surface area contributed by atoms with E-state index in [4.69, 9.17) is 4.74 Å². The van der Waals surface area contributed by atoms with Crippen LogP contribution in [0.4, 0.5) is 14.5 Å². The predicted octanol–water partition coefficient (Wildman–Crippen LogP) is 5.04. The molecule has 0 aliphatic heterocycles. The maximum Gasteiger partial charge on any atom is 0.278 e. The number of anilines is 1. The average molecular weight is 482 g/mol. The van der Waals surface area contributed by atoms with Gasteiger partial charge in [-0.3, -0.25) is 4.72 Å². The summed E-state index contributed by atoms with van der Waals surface area (Å²) in [4.78, 5) is 7.63. The third-order valence-electron chi connectivity index (χ3n) is 4.69. The molecule has 4 aromatic rings. The Morgan fingerprint density at radius 2 is 1.79 bits per heavy atom. The first kappa shape index (κ1) is 23.3. The van der Waals surface area contributed by atoms with Crippen molar-refractivity contribution in [3.63, 3.8) is 0 Å². The molecule has 0 fully saturated rings. The number of hydrogen-bond donors (Lipinski definition) is 2. The average Bonchev–Trinajstić information content (AvgIpc) is 3.18. The first-order valence-corrected chi connectivity index (χ1v) is 12.1. The van der Waals surface area contributed by atoms with Gasteiger partial charge >= 0.3 is 0 Å². The highest BCUT2D eigenvalue weighted by atomic mass is 32.2. The van der Waals surface area contributed by atoms with Crippen molar-refractivity contribution in [3.05, 3.63) is 78.1 Å². The van der Waals surface area contributed by atoms with E-state index in [1.165, 1.54) is 0 Å². The Balaban J connectivity index is 1.55. The number of rotatable bonds is 6. The molecule has 0 aliphatic carbocycles. The highest BCUT2D eigenvalue weighted by Crippen LogP contribution is 2.30. The van der Waals surface area contributed by atoms with Gasteiger partial charge in [0.25, 0.3) is 5.92 Å². The van der Waals surface area contributed by atoms with Gasteiger partial charge in [-0.2, -0.15) is 0 Å². The fourth-order valence-corrected chi connectivity index (χ4v) is 3.81. The van der Waals surface area contributed by atoms with Crippen LogP contribution in [0.25, 0.3) is 22.2 Å². The maximum absolute atomic E-state index is 12.9. The molecule has 3 aromatic carbocycles. The van der Waals surface area contributed by atoms with Crippen LogP contribution in [0.1, 0.15) is 18.3 Å². The number of benzene rings is 3. The Hall–Kier alpha value is -3.90. The van der Waals surface area contributed by atoms with E-state index in [2.05, 4.69) is 26.5 Å². The van der Waals surface area contributed by atoms with Gasteiger partial charge in [0.15, 0.2) is 12.4 Å². The number of aromatic nitrogens is 2. The highest BCUT2D eigenvalue weighted by molar-refractivity contribution is 7.92. The number of H-pyrrole nitrogens is 1. The lowest BCUT2D eigenvalue weighted by Crippen LogP contribution is -2.20. The fraction of sp³-hybridized carbons (Fsp3) is 0.160. The number of para-hydroxylation sites is 1. The van der Waals surface area contributed by atoms with Crippen molar-refractivity contribution in [2.24, 2.45) is 0 Å². The van der Waals surface area contributed by atoms with Gasteiger partial charge in [-0.25, -0.2) is 22.2 Å². The molecule has 9 heteroatoms. The molecule has 0 atom stereocenters. The molecule has 0 saturated heterocycles. The lowest BCUT2D eigenvalue weighted by atomic mass is 10.0. The molecule has 0 amide bonds. The van der Waals surface area contributed by atoms with Crippen molar-refractivity contribution in [3.8, 4) is 28.7 Å². The van der Waals surface area contributed by atoms with Crippen molar-refractivity contribution in [1.82, 2.24) is 9.97 Å². The number of ether oxygens (including phenoxy) is 1. The largest absolute Gasteiger partial charge is 0.487 e. The number of imidazole rings is 1. The van der Waals surface area contributed by atoms with E-state index in [-0.39, 0.29) is 0 Å². The summed E-state index contributed by atoms with van der Waals surface area (Å²) in [5.74, 6) is 3.84. The smallest absolute Gasteiger partial charge is 0.278 e. The quantitative estimate of drug-likeness (QED) is 0.378. The number of alkyl halides is 2. The number of fused-ring (bicyclic) bond motifs is 1. The van der Waals surface area contributed by atoms with Crippen LogP contribution >= 0.6 is 0 Å². The second-order valence-corrected chi connectivity index (χ2v) is 9.62. The summed E-state index contributed by atoms with van der Waals surface area (Å²) in [6, 6.07) is 19.2. The van der Waals surface area contributed by atoms with Crippen molar-refractivity contribution in [1.29, 1.82) is 0 Å². The molecular formula is C25H21F2N3O3S. The second-order valence-electron chi connectivity index (χ2n) is 7.87. The van der Waals surface area contributed by atoms with Crippen LogP contribution < -0.4 is 9.46 Å². The van der Waals surface area contributed by atoms with E-state index >= 15 is 0 Å². The molecule has 0 spiro atoms. The van der Waals surface area contributed by atoms with Crippen molar-refractivity contribution in [2.45, 2.75) is 12.8 Å². The minimum absolute atomic E-state index is 0.342. The Morgan fingerprint density at radius 1 is 1.06 bits per heavy atom. The summed E-state index contributed by atoms with van der Waals surface area (Å²) >= 11 is 0. The standard InChI is InChI=1S/C25H21F2N3O3S/c1-25(26,27)16-33-19-11-7-17(8-12-19)9-14-24-28-22-13-10-18(15-23(22)29-24)20-5-3-4-6-21(20)30-34(2,31)32/h3-8,10-13,15,30H,16H2,1-2H3,(H,28,29). The maximum atomic E-state index is 12.9. The third kappa shape index (κ3) is 6.11. The monoisotopic (exact) mass is 481 g/mol. The molecule has 0 saturated carbocycles. The summed E-state index contributed by atoms with van der Waals surface area (Å²) in [5.41, 5.74) is 4.18. The van der Waals surface area contributed by atoms with Crippen molar-refractivity contribution < 1.29 is 21.9 Å². The molecule has 1 heterocycles. The number of nitrogens with zero attached hydrogens (tertiary/aromatic N) is 1. The van der Waals surface area contributed by atoms with Crippen LogP contribution in [-0.4, -0.2) is 37.2 Å². The first-order chi connectivity index (χ1) is 16.1. The molecule has 1 aromatic heterocycles. The molecular weight excluding hydrogens is 460 g/mol. The van der Waals surface area contributed by atoms with Crippen LogP contribution in [0.3, 0.4) is 0 Å². The third-order valence-corrected chi connectivity index (χ3v) is 5.28. The van der Waals surface area contributed by atoms with Crippen LogP contribution in [0, 0.1) is 11.8 Å². The molecule has 34 heavy (non-hydrogen) atoms. The predicted molar refractivity (Wildman–Crippen MR) is 129 cm³/mol. The SMILES string of the molecule is CC(F)(F)COc1ccc(C#Cc2nc3ccc(-c4ccccc4NS(C)(=O)=O)cc3[nH]2)cc1. The fourth-order valence-electron chi connectivity index (χ4n) is 3.24. The van der Waals surface area contributed by atoms with Gasteiger partial charge in [0.05, 0.1) is 23.0 Å². The lowest BCUT2D eigenvalue weighted by Gasteiger charge is -2.11. The second kappa shape index (κ2) is 9.15. The number of sulfonamides is 1. The van der Waals surface area contributed by atoms with E-state index in [1.807, 2.05) is 30.3 Å². The van der Waals surface area contributed by atoms with Gasteiger partial charge in [-0.1, -0.05) is 30.2 Å². The molecule has 0 bridgehead atoms. The molecule has 4 rings (SSSR count). The van der Waals surface area contributed by atoms with E-state index in [0.717, 1.165) is 29.8 Å². The normalized spacial score (nSPS) is 11.6. The lowest BCUT2D eigenvalue weighted by molar-refractivity contribution is -0.0229. The van der Waals surface area contributed by atoms with E-state index in [1.54, 1.807) is 36.4 Å². The zero-order chi connectivity index (χ0) is 24.3. The van der Waals surface area contributed by atoms with Crippen molar-refractivity contribution >= 4 is 26.7 Å². The van der Waals surface area contributed by atoms with E-state index in [0.29, 0.717) is 28.3 Å². The zero-order valence-corrected chi connectivity index (χ0v) is 19.2. The minimum atomic E-state index is -3.42. The summed E-state index contributed by atoms with van der Waals surface area (Å²) in [5, 5.41) is 0. The van der Waals surface area contributed by atoms with Crippen LogP contribution in [0.5, 0.6) is 5.75 Å². The summed E-state index contributed by atoms with van der Waals surface area (Å²) in [7, 11) is -3.42. The molecule has 6 nitrogen and oxygen atoms in total. The topological polar surface area (TPSA) is 84.1 Å². The van der Waals surface area contributed by atoms with Crippen LogP contribution in [-0.2, 0) is 10.0 Å². The van der Waals surface area contributed by atoms with E-state index in [9.17, 15) is 17.2 Å². The number of aromatic amines is 1. The molecule has 0 radical (unpaired) electrons. The summed E-state index contributed by atoms with van der Waals surface area (Å²) in [6.45, 7) is 0.113. The first-order valence-electron chi connectivity index (χ1n) is 10.3. The summed E-state index contributed by atoms with van der Waals surface area (Å²) < 4.78 is 56.8. The van der Waals surface area contributed by atoms with Gasteiger partial charge in [0, 0.05) is 18.1 Å². The number of nitrogens with one attached hydrogen (secondary N) is 2. The van der Waals surface area contributed by atoms with Crippen LogP contribution in [0.2, 0.25) is 0 Å². The number of halogens is 2. The van der Waals surface area contributed by atoms with Gasteiger partial charge in [0.2, 0.25) is 10.0 Å². The van der Waals surface area contributed by atoms with Gasteiger partial charge in [-0.15, -0.1) is 0 Å². The van der Waals surface area contributed by atoms with Gasteiger partial charge in [0.1, 0.15) is 5.75 Å². The minimum Gasteiger partial charge on any atom is -0.487 e. The Bertz CT molecular complexity index is 1500. The van der Waals surface area contributed by atoms with Crippen molar-refractivity contribution in [2.75, 3.05) is 17.6 Å². The molecule has 0 unspecified atom stereocenters. The molecule has 0 aliphatic rings. The highest BCUT2D eigenvalue weighted by Gasteiger charge is 2.21. The van der Waals surface area contributed by atoms with Gasteiger partial charge < -0.3 is 9.72 Å². The summed E-state index contributed by atoms with van der Waals surface area (Å²) in [6.07, 6.45) is 1.11. The van der Waals surface area contributed by atoms with E-state index < -0.39 is 22.6 Å². The molecule has 174 valence electrons. The Labute approximate surface area is 196 Å².